The fourth-order valence-electron chi connectivity index (χ4n) is 4.07. The normalized spacial score (nSPS) is 35.4. The van der Waals surface area contributed by atoms with Crippen LogP contribution in [0.15, 0.2) is 18.2 Å². The van der Waals surface area contributed by atoms with Crippen molar-refractivity contribution in [3.63, 3.8) is 0 Å². The van der Waals surface area contributed by atoms with Gasteiger partial charge in [0.15, 0.2) is 0 Å². The Morgan fingerprint density at radius 1 is 1.21 bits per heavy atom. The third-order valence-corrected chi connectivity index (χ3v) is 6.38. The molecule has 1 aliphatic heterocycles. The van der Waals surface area contributed by atoms with Crippen LogP contribution in [-0.4, -0.2) is 5.60 Å². The van der Waals surface area contributed by atoms with Gasteiger partial charge in [0.25, 0.3) is 0 Å². The lowest BCUT2D eigenvalue weighted by atomic mass is 9.92. The standard InChI is InChI=1S/C17H21BrO/c1-17(2)9-14-5-10(3-4-15(14)19-17)16(18)13-7-11-6-12(11)8-13/h3-5,11-13,16H,6-9H2,1-2H3. The van der Waals surface area contributed by atoms with Crippen LogP contribution in [0.3, 0.4) is 0 Å². The number of fused-ring (bicyclic) bond motifs is 2. The van der Waals surface area contributed by atoms with Crippen molar-refractivity contribution in [3.8, 4) is 5.75 Å². The topological polar surface area (TPSA) is 9.23 Å². The second kappa shape index (κ2) is 4.00. The van der Waals surface area contributed by atoms with Crippen molar-refractivity contribution in [1.82, 2.24) is 0 Å². The van der Waals surface area contributed by atoms with Gasteiger partial charge in [0, 0.05) is 11.2 Å². The summed E-state index contributed by atoms with van der Waals surface area (Å²) >= 11 is 3.96. The van der Waals surface area contributed by atoms with E-state index in [2.05, 4.69) is 48.0 Å². The monoisotopic (exact) mass is 320 g/mol. The molecule has 102 valence electrons. The van der Waals surface area contributed by atoms with Gasteiger partial charge in [-0.05, 0) is 68.1 Å². The Morgan fingerprint density at radius 3 is 2.68 bits per heavy atom. The van der Waals surface area contributed by atoms with Gasteiger partial charge in [-0.2, -0.15) is 0 Å². The van der Waals surface area contributed by atoms with E-state index in [1.165, 1.54) is 30.4 Å². The molecule has 2 fully saturated rings. The predicted molar refractivity (Wildman–Crippen MR) is 80.8 cm³/mol. The van der Waals surface area contributed by atoms with E-state index in [9.17, 15) is 0 Å². The third kappa shape index (κ3) is 2.12. The molecule has 4 rings (SSSR count). The largest absolute Gasteiger partial charge is 0.487 e. The van der Waals surface area contributed by atoms with Crippen molar-refractivity contribution in [2.75, 3.05) is 0 Å². The number of ether oxygens (including phenoxy) is 1. The average molecular weight is 321 g/mol. The van der Waals surface area contributed by atoms with E-state index in [1.807, 2.05) is 0 Å². The van der Waals surface area contributed by atoms with Gasteiger partial charge < -0.3 is 4.74 Å². The molecule has 0 bridgehead atoms. The van der Waals surface area contributed by atoms with Crippen molar-refractivity contribution in [1.29, 1.82) is 0 Å². The molecule has 0 aromatic heterocycles. The van der Waals surface area contributed by atoms with Crippen LogP contribution >= 0.6 is 15.9 Å². The lowest BCUT2D eigenvalue weighted by Gasteiger charge is -2.20. The SMILES string of the molecule is CC1(C)Cc2cc(C(Br)C3CC4CC4C3)ccc2O1. The molecule has 1 heterocycles. The summed E-state index contributed by atoms with van der Waals surface area (Å²) in [7, 11) is 0. The number of rotatable bonds is 2. The van der Waals surface area contributed by atoms with Crippen LogP contribution in [0.25, 0.3) is 0 Å². The molecule has 2 saturated carbocycles. The van der Waals surface area contributed by atoms with Crippen molar-refractivity contribution < 1.29 is 4.74 Å². The smallest absolute Gasteiger partial charge is 0.123 e. The quantitative estimate of drug-likeness (QED) is 0.705. The summed E-state index contributed by atoms with van der Waals surface area (Å²) in [6.07, 6.45) is 5.40. The lowest BCUT2D eigenvalue weighted by molar-refractivity contribution is 0.138. The molecule has 0 N–H and O–H groups in total. The molecule has 3 unspecified atom stereocenters. The van der Waals surface area contributed by atoms with Crippen LogP contribution < -0.4 is 4.74 Å². The lowest BCUT2D eigenvalue weighted by Crippen LogP contribution is -2.24. The minimum absolute atomic E-state index is 0.0300. The minimum Gasteiger partial charge on any atom is -0.487 e. The molecule has 0 spiro atoms. The molecule has 0 radical (unpaired) electrons. The Kier molecular flexibility index (Phi) is 2.58. The van der Waals surface area contributed by atoms with E-state index in [0.29, 0.717) is 4.83 Å². The zero-order chi connectivity index (χ0) is 13.2. The molecule has 1 aromatic carbocycles. The molecular formula is C17H21BrO. The zero-order valence-electron chi connectivity index (χ0n) is 11.7. The first-order valence-corrected chi connectivity index (χ1v) is 8.39. The molecule has 1 nitrogen and oxygen atoms in total. The second-order valence-corrected chi connectivity index (χ2v) is 8.28. The third-order valence-electron chi connectivity index (χ3n) is 5.10. The average Bonchev–Trinajstić information content (AvgIpc) is 2.82. The van der Waals surface area contributed by atoms with Gasteiger partial charge in [0.2, 0.25) is 0 Å². The van der Waals surface area contributed by atoms with Gasteiger partial charge in [-0.1, -0.05) is 28.1 Å². The van der Waals surface area contributed by atoms with Crippen LogP contribution in [0.1, 0.15) is 49.1 Å². The van der Waals surface area contributed by atoms with Crippen LogP contribution in [0.4, 0.5) is 0 Å². The number of benzene rings is 1. The first-order chi connectivity index (χ1) is 9.02. The van der Waals surface area contributed by atoms with E-state index in [-0.39, 0.29) is 5.60 Å². The van der Waals surface area contributed by atoms with E-state index in [4.69, 9.17) is 4.74 Å². The van der Waals surface area contributed by atoms with Gasteiger partial charge in [0.05, 0.1) is 0 Å². The first kappa shape index (κ1) is 12.3. The number of halogens is 1. The maximum Gasteiger partial charge on any atom is 0.123 e. The highest BCUT2D eigenvalue weighted by Crippen LogP contribution is 2.58. The Balaban J connectivity index is 1.56. The van der Waals surface area contributed by atoms with Crippen LogP contribution in [0, 0.1) is 17.8 Å². The molecule has 1 aromatic rings. The second-order valence-electron chi connectivity index (χ2n) is 7.29. The molecule has 3 atom stereocenters. The van der Waals surface area contributed by atoms with Crippen LogP contribution in [-0.2, 0) is 6.42 Å². The van der Waals surface area contributed by atoms with Gasteiger partial charge in [-0.25, -0.2) is 0 Å². The molecule has 2 aliphatic carbocycles. The van der Waals surface area contributed by atoms with Crippen molar-refractivity contribution in [2.45, 2.75) is 50.0 Å². The fourth-order valence-corrected chi connectivity index (χ4v) is 4.79. The van der Waals surface area contributed by atoms with E-state index in [0.717, 1.165) is 29.9 Å². The maximum absolute atomic E-state index is 5.96. The molecule has 2 heteroatoms. The van der Waals surface area contributed by atoms with Crippen molar-refractivity contribution in [2.24, 2.45) is 17.8 Å². The summed E-state index contributed by atoms with van der Waals surface area (Å²) in [4.78, 5) is 0.536. The zero-order valence-corrected chi connectivity index (χ0v) is 13.2. The summed E-state index contributed by atoms with van der Waals surface area (Å²) in [5, 5.41) is 0. The van der Waals surface area contributed by atoms with Crippen LogP contribution in [0.5, 0.6) is 5.75 Å². The highest BCUT2D eigenvalue weighted by atomic mass is 79.9. The number of alkyl halides is 1. The number of hydrogen-bond acceptors (Lipinski definition) is 1. The van der Waals surface area contributed by atoms with Crippen molar-refractivity contribution in [3.05, 3.63) is 29.3 Å². The highest BCUT2D eigenvalue weighted by molar-refractivity contribution is 9.09. The molecular weight excluding hydrogens is 300 g/mol. The summed E-state index contributed by atoms with van der Waals surface area (Å²) in [5.41, 5.74) is 2.80. The molecule has 19 heavy (non-hydrogen) atoms. The molecule has 0 saturated heterocycles. The maximum atomic E-state index is 5.96. The highest BCUT2D eigenvalue weighted by Gasteiger charge is 2.47. The Hall–Kier alpha value is -0.500. The van der Waals surface area contributed by atoms with Gasteiger partial charge in [-0.15, -0.1) is 0 Å². The van der Waals surface area contributed by atoms with Crippen molar-refractivity contribution >= 4 is 15.9 Å². The first-order valence-electron chi connectivity index (χ1n) is 7.48. The van der Waals surface area contributed by atoms with Crippen LogP contribution in [0.2, 0.25) is 0 Å². The summed E-state index contributed by atoms with van der Waals surface area (Å²) in [6.45, 7) is 4.34. The predicted octanol–water partition coefficient (Wildman–Crippen LogP) is 4.88. The Labute approximate surface area is 123 Å². The van der Waals surface area contributed by atoms with Gasteiger partial charge >= 0.3 is 0 Å². The summed E-state index contributed by atoms with van der Waals surface area (Å²) < 4.78 is 5.96. The van der Waals surface area contributed by atoms with E-state index in [1.54, 1.807) is 0 Å². The summed E-state index contributed by atoms with van der Waals surface area (Å²) in [5.74, 6) is 4.04. The minimum atomic E-state index is -0.0300. The Bertz CT molecular complexity index is 512. The summed E-state index contributed by atoms with van der Waals surface area (Å²) in [6, 6.07) is 6.79. The van der Waals surface area contributed by atoms with Gasteiger partial charge in [0.1, 0.15) is 11.4 Å². The molecule has 0 amide bonds. The van der Waals surface area contributed by atoms with E-state index < -0.39 is 0 Å². The molecule has 3 aliphatic rings. The Morgan fingerprint density at radius 2 is 1.95 bits per heavy atom. The van der Waals surface area contributed by atoms with E-state index >= 15 is 0 Å². The van der Waals surface area contributed by atoms with Gasteiger partial charge in [-0.3, -0.25) is 0 Å². The fraction of sp³-hybridized carbons (Fsp3) is 0.647. The number of hydrogen-bond donors (Lipinski definition) is 0.